The molecule has 1 N–H and O–H groups in total. The maximum atomic E-state index is 5.42. The molecule has 0 bridgehead atoms. The van der Waals surface area contributed by atoms with E-state index in [0.29, 0.717) is 5.92 Å². The van der Waals surface area contributed by atoms with E-state index in [1.165, 1.54) is 5.56 Å². The number of morpholine rings is 1. The summed E-state index contributed by atoms with van der Waals surface area (Å²) < 4.78 is 10.6. The van der Waals surface area contributed by atoms with Gasteiger partial charge in [-0.1, -0.05) is 19.1 Å². The van der Waals surface area contributed by atoms with Crippen LogP contribution in [0, 0.1) is 5.92 Å². The Morgan fingerprint density at radius 2 is 2.00 bits per heavy atom. The van der Waals surface area contributed by atoms with Crippen LogP contribution in [0.5, 0.6) is 5.75 Å². The molecule has 0 aliphatic carbocycles. The van der Waals surface area contributed by atoms with Gasteiger partial charge in [0.15, 0.2) is 5.96 Å². The Morgan fingerprint density at radius 3 is 2.62 bits per heavy atom. The van der Waals surface area contributed by atoms with E-state index >= 15 is 0 Å². The van der Waals surface area contributed by atoms with Crippen molar-refractivity contribution >= 4 is 5.96 Å². The highest BCUT2D eigenvalue weighted by atomic mass is 16.5. The first-order valence-electron chi connectivity index (χ1n) is 9.54. The van der Waals surface area contributed by atoms with Crippen molar-refractivity contribution in [2.24, 2.45) is 10.9 Å². The van der Waals surface area contributed by atoms with Crippen molar-refractivity contribution < 1.29 is 9.47 Å². The van der Waals surface area contributed by atoms with Crippen LogP contribution in [0.1, 0.15) is 19.4 Å². The monoisotopic (exact) mass is 362 g/mol. The lowest BCUT2D eigenvalue weighted by atomic mass is 10.1. The molecule has 1 heterocycles. The number of hydrogen-bond acceptors (Lipinski definition) is 4. The first kappa shape index (κ1) is 20.5. The van der Waals surface area contributed by atoms with Gasteiger partial charge in [0.1, 0.15) is 5.75 Å². The van der Waals surface area contributed by atoms with E-state index in [4.69, 9.17) is 14.5 Å². The fraction of sp³-hybridized carbons (Fsp3) is 0.650. The number of aliphatic imine (C=N–C) groups is 1. The van der Waals surface area contributed by atoms with Crippen molar-refractivity contribution in [3.8, 4) is 5.75 Å². The van der Waals surface area contributed by atoms with E-state index in [2.05, 4.69) is 48.1 Å². The average Bonchev–Trinajstić information content (AvgIpc) is 2.66. The molecule has 1 atom stereocenters. The summed E-state index contributed by atoms with van der Waals surface area (Å²) in [5.74, 6) is 2.36. The van der Waals surface area contributed by atoms with Crippen LogP contribution in [-0.2, 0) is 11.3 Å². The van der Waals surface area contributed by atoms with Crippen molar-refractivity contribution in [2.45, 2.75) is 20.4 Å². The smallest absolute Gasteiger partial charge is 0.193 e. The van der Waals surface area contributed by atoms with E-state index in [9.17, 15) is 0 Å². The minimum atomic E-state index is 0.524. The quantitative estimate of drug-likeness (QED) is 0.567. The van der Waals surface area contributed by atoms with E-state index in [0.717, 1.165) is 64.2 Å². The molecule has 1 aromatic rings. The molecule has 1 unspecified atom stereocenters. The van der Waals surface area contributed by atoms with Crippen LogP contribution in [-0.4, -0.2) is 75.9 Å². The number of nitrogens with zero attached hydrogens (tertiary/aromatic N) is 3. The van der Waals surface area contributed by atoms with Crippen molar-refractivity contribution in [2.75, 3.05) is 60.1 Å². The summed E-state index contributed by atoms with van der Waals surface area (Å²) in [5.41, 5.74) is 1.24. The number of methoxy groups -OCH3 is 1. The zero-order chi connectivity index (χ0) is 18.8. The fourth-order valence-corrected chi connectivity index (χ4v) is 3.07. The van der Waals surface area contributed by atoms with Gasteiger partial charge in [0.25, 0.3) is 0 Å². The van der Waals surface area contributed by atoms with Gasteiger partial charge in [0.2, 0.25) is 0 Å². The molecular weight excluding hydrogens is 328 g/mol. The molecule has 1 saturated heterocycles. The number of guanidine groups is 1. The van der Waals surface area contributed by atoms with Crippen LogP contribution in [0.3, 0.4) is 0 Å². The first-order chi connectivity index (χ1) is 12.6. The van der Waals surface area contributed by atoms with Crippen LogP contribution in [0.15, 0.2) is 29.3 Å². The van der Waals surface area contributed by atoms with Gasteiger partial charge in [-0.25, -0.2) is 0 Å². The van der Waals surface area contributed by atoms with Crippen molar-refractivity contribution in [1.29, 1.82) is 0 Å². The summed E-state index contributed by atoms with van der Waals surface area (Å²) >= 11 is 0. The molecule has 1 aliphatic heterocycles. The second-order valence-corrected chi connectivity index (χ2v) is 6.92. The first-order valence-corrected chi connectivity index (χ1v) is 9.54. The van der Waals surface area contributed by atoms with Crippen molar-refractivity contribution in [1.82, 2.24) is 15.1 Å². The molecular formula is C20H34N4O2. The summed E-state index contributed by atoms with van der Waals surface area (Å²) in [6.07, 6.45) is 0. The van der Waals surface area contributed by atoms with Gasteiger partial charge in [-0.3, -0.25) is 9.89 Å². The lowest BCUT2D eigenvalue weighted by Gasteiger charge is -2.29. The summed E-state index contributed by atoms with van der Waals surface area (Å²) in [4.78, 5) is 9.50. The highest BCUT2D eigenvalue weighted by Crippen LogP contribution is 2.12. The SMILES string of the molecule is CCNC(=NCC(C)CN1CCOCC1)N(C)Cc1ccc(OC)cc1. The van der Waals surface area contributed by atoms with Gasteiger partial charge < -0.3 is 19.7 Å². The van der Waals surface area contributed by atoms with Crippen LogP contribution >= 0.6 is 0 Å². The Hall–Kier alpha value is -1.79. The molecule has 2 rings (SSSR count). The third-order valence-electron chi connectivity index (χ3n) is 4.50. The Balaban J connectivity index is 1.88. The Kier molecular flexibility index (Phi) is 8.71. The molecule has 0 saturated carbocycles. The Labute approximate surface area is 158 Å². The van der Waals surface area contributed by atoms with Crippen molar-refractivity contribution in [3.63, 3.8) is 0 Å². The van der Waals surface area contributed by atoms with Crippen LogP contribution in [0.2, 0.25) is 0 Å². The van der Waals surface area contributed by atoms with Crippen molar-refractivity contribution in [3.05, 3.63) is 29.8 Å². The summed E-state index contributed by atoms with van der Waals surface area (Å²) in [6.45, 7) is 11.7. The van der Waals surface area contributed by atoms with Gasteiger partial charge >= 0.3 is 0 Å². The van der Waals surface area contributed by atoms with Crippen LogP contribution in [0.25, 0.3) is 0 Å². The summed E-state index contributed by atoms with van der Waals surface area (Å²) in [5, 5.41) is 3.40. The number of rotatable bonds is 8. The molecule has 1 aliphatic rings. The maximum Gasteiger partial charge on any atom is 0.193 e. The standard InChI is InChI=1S/C20H34N4O2/c1-5-21-20(22-14-17(2)15-24-10-12-26-13-11-24)23(3)16-18-6-8-19(25-4)9-7-18/h6-9,17H,5,10-16H2,1-4H3,(H,21,22). The van der Waals surface area contributed by atoms with Gasteiger partial charge in [-0.2, -0.15) is 0 Å². The highest BCUT2D eigenvalue weighted by molar-refractivity contribution is 5.79. The van der Waals surface area contributed by atoms with E-state index in [1.807, 2.05) is 12.1 Å². The minimum Gasteiger partial charge on any atom is -0.497 e. The second-order valence-electron chi connectivity index (χ2n) is 6.92. The Morgan fingerprint density at radius 1 is 1.31 bits per heavy atom. The highest BCUT2D eigenvalue weighted by Gasteiger charge is 2.14. The van der Waals surface area contributed by atoms with Gasteiger partial charge in [-0.15, -0.1) is 0 Å². The van der Waals surface area contributed by atoms with Crippen LogP contribution < -0.4 is 10.1 Å². The molecule has 0 aromatic heterocycles. The number of hydrogen-bond donors (Lipinski definition) is 1. The van der Waals surface area contributed by atoms with E-state index < -0.39 is 0 Å². The summed E-state index contributed by atoms with van der Waals surface area (Å²) in [6, 6.07) is 8.19. The topological polar surface area (TPSA) is 49.3 Å². The molecule has 1 fully saturated rings. The van der Waals surface area contributed by atoms with Gasteiger partial charge in [-0.05, 0) is 30.5 Å². The lowest BCUT2D eigenvalue weighted by Crippen LogP contribution is -2.40. The Bertz CT molecular complexity index is 541. The summed E-state index contributed by atoms with van der Waals surface area (Å²) in [7, 11) is 3.77. The molecule has 6 nitrogen and oxygen atoms in total. The zero-order valence-electron chi connectivity index (χ0n) is 16.7. The largest absolute Gasteiger partial charge is 0.497 e. The lowest BCUT2D eigenvalue weighted by molar-refractivity contribution is 0.0323. The number of benzene rings is 1. The van der Waals surface area contributed by atoms with E-state index in [-0.39, 0.29) is 0 Å². The minimum absolute atomic E-state index is 0.524. The molecule has 26 heavy (non-hydrogen) atoms. The normalized spacial score (nSPS) is 17.0. The average molecular weight is 363 g/mol. The third-order valence-corrected chi connectivity index (χ3v) is 4.50. The third kappa shape index (κ3) is 6.84. The molecule has 146 valence electrons. The molecule has 1 aromatic carbocycles. The molecule has 0 amide bonds. The van der Waals surface area contributed by atoms with Gasteiger partial charge in [0, 0.05) is 46.3 Å². The molecule has 6 heteroatoms. The van der Waals surface area contributed by atoms with E-state index in [1.54, 1.807) is 7.11 Å². The predicted molar refractivity (Wildman–Crippen MR) is 107 cm³/mol. The van der Waals surface area contributed by atoms with Crippen LogP contribution in [0.4, 0.5) is 0 Å². The van der Waals surface area contributed by atoms with Gasteiger partial charge in [0.05, 0.1) is 20.3 Å². The molecule has 0 radical (unpaired) electrons. The molecule has 0 spiro atoms. The number of nitrogens with one attached hydrogen (secondary N) is 1. The number of ether oxygens (including phenoxy) is 2. The second kappa shape index (κ2) is 11.0. The predicted octanol–water partition coefficient (Wildman–Crippen LogP) is 2.06. The zero-order valence-corrected chi connectivity index (χ0v) is 16.7. The fourth-order valence-electron chi connectivity index (χ4n) is 3.07. The maximum absolute atomic E-state index is 5.42.